The molecule has 2 atom stereocenters. The molecule has 0 amide bonds. The summed E-state index contributed by atoms with van der Waals surface area (Å²) >= 11 is 5.89. The lowest BCUT2D eigenvalue weighted by Crippen LogP contribution is -2.29. The van der Waals surface area contributed by atoms with E-state index in [2.05, 4.69) is 56.8 Å². The summed E-state index contributed by atoms with van der Waals surface area (Å²) in [6.07, 6.45) is 5.50. The standard InChI is InChI=1S/C27H25N5O2S/c1-17-13-21(18(2)31(17)15-19-8-11-28-12-9-19)26-25(22-5-3-4-10-29-22)30-27(35)32(26)20-6-7-23-24(14-20)34-16-33-23/h3-14,25-26H,15-16H2,1-2H3,(H,30,35). The van der Waals surface area contributed by atoms with Crippen molar-refractivity contribution in [3.05, 3.63) is 101 Å². The minimum Gasteiger partial charge on any atom is -0.454 e. The Balaban J connectivity index is 1.46. The van der Waals surface area contributed by atoms with Crippen molar-refractivity contribution in [2.24, 2.45) is 0 Å². The maximum Gasteiger partial charge on any atom is 0.231 e. The number of hydrogen-bond donors (Lipinski definition) is 1. The van der Waals surface area contributed by atoms with Crippen molar-refractivity contribution in [2.75, 3.05) is 11.7 Å². The molecule has 4 aromatic rings. The van der Waals surface area contributed by atoms with Crippen molar-refractivity contribution >= 4 is 23.0 Å². The summed E-state index contributed by atoms with van der Waals surface area (Å²) in [6, 6.07) is 18.2. The van der Waals surface area contributed by atoms with Crippen LogP contribution in [0.2, 0.25) is 0 Å². The third-order valence-corrected chi connectivity index (χ3v) is 7.07. The molecule has 1 saturated heterocycles. The molecule has 3 aromatic heterocycles. The van der Waals surface area contributed by atoms with E-state index in [0.717, 1.165) is 29.4 Å². The molecule has 35 heavy (non-hydrogen) atoms. The molecule has 1 aromatic carbocycles. The first kappa shape index (κ1) is 21.6. The van der Waals surface area contributed by atoms with Crippen molar-refractivity contribution in [1.29, 1.82) is 0 Å². The molecule has 0 saturated carbocycles. The molecule has 1 N–H and O–H groups in total. The van der Waals surface area contributed by atoms with Gasteiger partial charge in [0.15, 0.2) is 16.6 Å². The predicted octanol–water partition coefficient (Wildman–Crippen LogP) is 4.85. The van der Waals surface area contributed by atoms with E-state index in [1.165, 1.54) is 22.5 Å². The van der Waals surface area contributed by atoms with Crippen molar-refractivity contribution < 1.29 is 9.47 Å². The van der Waals surface area contributed by atoms with E-state index in [-0.39, 0.29) is 18.9 Å². The molecule has 176 valence electrons. The Morgan fingerprint density at radius 3 is 2.63 bits per heavy atom. The molecule has 2 aliphatic rings. The van der Waals surface area contributed by atoms with Gasteiger partial charge in [-0.1, -0.05) is 6.07 Å². The first-order chi connectivity index (χ1) is 17.1. The second kappa shape index (κ2) is 8.70. The van der Waals surface area contributed by atoms with Crippen LogP contribution in [0.15, 0.2) is 73.2 Å². The van der Waals surface area contributed by atoms with Gasteiger partial charge < -0.3 is 24.3 Å². The van der Waals surface area contributed by atoms with E-state index >= 15 is 0 Å². The lowest BCUT2D eigenvalue weighted by molar-refractivity contribution is 0.174. The minimum absolute atomic E-state index is 0.0878. The zero-order chi connectivity index (χ0) is 23.9. The fourth-order valence-electron chi connectivity index (χ4n) is 5.03. The largest absolute Gasteiger partial charge is 0.454 e. The number of aryl methyl sites for hydroxylation is 1. The Morgan fingerprint density at radius 2 is 1.83 bits per heavy atom. The third kappa shape index (κ3) is 3.80. The van der Waals surface area contributed by atoms with Gasteiger partial charge in [0, 0.05) is 48.3 Å². The van der Waals surface area contributed by atoms with E-state index in [9.17, 15) is 0 Å². The van der Waals surface area contributed by atoms with E-state index in [1.807, 2.05) is 55.0 Å². The highest BCUT2D eigenvalue weighted by Gasteiger charge is 2.42. The van der Waals surface area contributed by atoms with Crippen LogP contribution in [0.25, 0.3) is 0 Å². The van der Waals surface area contributed by atoms with Gasteiger partial charge >= 0.3 is 0 Å². The molecule has 2 unspecified atom stereocenters. The number of aromatic nitrogens is 3. The Hall–Kier alpha value is -3.91. The zero-order valence-electron chi connectivity index (χ0n) is 19.5. The predicted molar refractivity (Wildman–Crippen MR) is 138 cm³/mol. The van der Waals surface area contributed by atoms with Crippen molar-refractivity contribution in [1.82, 2.24) is 19.9 Å². The third-order valence-electron chi connectivity index (χ3n) is 6.75. The van der Waals surface area contributed by atoms with Gasteiger partial charge in [0.1, 0.15) is 0 Å². The van der Waals surface area contributed by atoms with Crippen LogP contribution in [0.4, 0.5) is 5.69 Å². The Bertz CT molecular complexity index is 1390. The number of hydrogen-bond acceptors (Lipinski definition) is 5. The fraction of sp³-hybridized carbons (Fsp3) is 0.222. The highest BCUT2D eigenvalue weighted by atomic mass is 32.1. The van der Waals surface area contributed by atoms with Crippen LogP contribution in [-0.4, -0.2) is 26.4 Å². The highest BCUT2D eigenvalue weighted by molar-refractivity contribution is 7.80. The second-order valence-corrected chi connectivity index (χ2v) is 9.19. The molecule has 0 bridgehead atoms. The summed E-state index contributed by atoms with van der Waals surface area (Å²) < 4.78 is 13.5. The highest BCUT2D eigenvalue weighted by Crippen LogP contribution is 2.45. The first-order valence-corrected chi connectivity index (χ1v) is 12.0. The summed E-state index contributed by atoms with van der Waals surface area (Å²) in [7, 11) is 0. The topological polar surface area (TPSA) is 64.4 Å². The van der Waals surface area contributed by atoms with E-state index in [4.69, 9.17) is 21.7 Å². The fourth-order valence-corrected chi connectivity index (χ4v) is 5.37. The molecule has 0 aliphatic carbocycles. The van der Waals surface area contributed by atoms with Crippen LogP contribution >= 0.6 is 12.2 Å². The number of anilines is 1. The van der Waals surface area contributed by atoms with Gasteiger partial charge in [-0.05, 0) is 79.7 Å². The summed E-state index contributed by atoms with van der Waals surface area (Å²) in [4.78, 5) is 11.0. The Labute approximate surface area is 209 Å². The van der Waals surface area contributed by atoms with Gasteiger partial charge in [-0.2, -0.15) is 0 Å². The maximum absolute atomic E-state index is 5.89. The van der Waals surface area contributed by atoms with Gasteiger partial charge in [-0.25, -0.2) is 0 Å². The Morgan fingerprint density at radius 1 is 1.00 bits per heavy atom. The van der Waals surface area contributed by atoms with Gasteiger partial charge in [0.05, 0.1) is 17.8 Å². The van der Waals surface area contributed by atoms with Crippen molar-refractivity contribution in [3.8, 4) is 11.5 Å². The number of pyridine rings is 2. The van der Waals surface area contributed by atoms with Crippen LogP contribution in [0.5, 0.6) is 11.5 Å². The molecular weight excluding hydrogens is 458 g/mol. The maximum atomic E-state index is 5.89. The molecule has 1 fully saturated rings. The van der Waals surface area contributed by atoms with Crippen LogP contribution in [0.1, 0.15) is 40.3 Å². The van der Waals surface area contributed by atoms with Gasteiger partial charge in [0.25, 0.3) is 0 Å². The molecule has 6 rings (SSSR count). The summed E-state index contributed by atoms with van der Waals surface area (Å²) in [5, 5.41) is 4.20. The zero-order valence-corrected chi connectivity index (χ0v) is 20.3. The monoisotopic (exact) mass is 483 g/mol. The number of nitrogens with zero attached hydrogens (tertiary/aromatic N) is 4. The SMILES string of the molecule is Cc1cc(C2C(c3ccccn3)NC(=S)N2c2ccc3c(c2)OCO3)c(C)n1Cc1ccncc1. The summed E-state index contributed by atoms with van der Waals surface area (Å²) in [5.41, 5.74) is 6.70. The van der Waals surface area contributed by atoms with Gasteiger partial charge in [-0.15, -0.1) is 0 Å². The number of thiocarbonyl (C=S) groups is 1. The molecule has 7 nitrogen and oxygen atoms in total. The van der Waals surface area contributed by atoms with Crippen LogP contribution in [0.3, 0.4) is 0 Å². The summed E-state index contributed by atoms with van der Waals surface area (Å²) in [6.45, 7) is 5.35. The van der Waals surface area contributed by atoms with Crippen molar-refractivity contribution in [3.63, 3.8) is 0 Å². The Kier molecular flexibility index (Phi) is 5.37. The van der Waals surface area contributed by atoms with E-state index < -0.39 is 0 Å². The number of fused-ring (bicyclic) bond motifs is 1. The molecule has 5 heterocycles. The van der Waals surface area contributed by atoms with Gasteiger partial charge in [0.2, 0.25) is 6.79 Å². The van der Waals surface area contributed by atoms with E-state index in [0.29, 0.717) is 5.11 Å². The molecule has 0 spiro atoms. The quantitative estimate of drug-likeness (QED) is 0.407. The van der Waals surface area contributed by atoms with Crippen LogP contribution in [0, 0.1) is 13.8 Å². The lowest BCUT2D eigenvalue weighted by atomic mass is 9.96. The number of rotatable bonds is 5. The second-order valence-electron chi connectivity index (χ2n) is 8.80. The lowest BCUT2D eigenvalue weighted by Gasteiger charge is -2.28. The molecule has 8 heteroatoms. The van der Waals surface area contributed by atoms with Crippen LogP contribution < -0.4 is 19.7 Å². The summed E-state index contributed by atoms with van der Waals surface area (Å²) in [5.74, 6) is 1.48. The van der Waals surface area contributed by atoms with Crippen LogP contribution in [-0.2, 0) is 6.54 Å². The first-order valence-electron chi connectivity index (χ1n) is 11.6. The number of benzene rings is 1. The number of nitrogens with one attached hydrogen (secondary N) is 1. The average Bonchev–Trinajstić information content (AvgIpc) is 3.56. The van der Waals surface area contributed by atoms with E-state index in [1.54, 1.807) is 0 Å². The average molecular weight is 484 g/mol. The number of ether oxygens (including phenoxy) is 2. The van der Waals surface area contributed by atoms with Gasteiger partial charge in [-0.3, -0.25) is 9.97 Å². The minimum atomic E-state index is -0.107. The normalized spacial score (nSPS) is 18.7. The smallest absolute Gasteiger partial charge is 0.231 e. The molecule has 2 aliphatic heterocycles. The molecule has 0 radical (unpaired) electrons. The molecular formula is C27H25N5O2S. The van der Waals surface area contributed by atoms with Crippen molar-refractivity contribution in [2.45, 2.75) is 32.5 Å².